The van der Waals surface area contributed by atoms with Gasteiger partial charge in [-0.1, -0.05) is 203 Å². The zero-order valence-corrected chi connectivity index (χ0v) is 56.4. The van der Waals surface area contributed by atoms with Crippen molar-refractivity contribution in [3.63, 3.8) is 0 Å². The number of para-hydroxylation sites is 2. The van der Waals surface area contributed by atoms with Crippen LogP contribution in [0.3, 0.4) is 0 Å². The third-order valence-electron chi connectivity index (χ3n) is 17.1. The average molecular weight is 1340 g/mol. The van der Waals surface area contributed by atoms with E-state index < -0.39 is 12.3 Å². The summed E-state index contributed by atoms with van der Waals surface area (Å²) in [7, 11) is 0. The van der Waals surface area contributed by atoms with E-state index in [1.54, 1.807) is 11.3 Å². The first-order valence-electron chi connectivity index (χ1n) is 32.0. The molecule has 7 heteroatoms. The Kier molecular flexibility index (Phi) is 13.8. The van der Waals surface area contributed by atoms with Crippen LogP contribution in [-0.2, 0) is 53.6 Å². The molecule has 4 heterocycles. The van der Waals surface area contributed by atoms with Crippen LogP contribution in [0.25, 0.3) is 70.0 Å². The number of nitrogens with zero attached hydrogens (tertiary/aromatic N) is 4. The van der Waals surface area contributed by atoms with Gasteiger partial charge in [-0.05, 0) is 137 Å². The zero-order chi connectivity index (χ0) is 64.0. The van der Waals surface area contributed by atoms with E-state index in [0.29, 0.717) is 28.4 Å². The Morgan fingerprint density at radius 1 is 0.512 bits per heavy atom. The number of hydrogen-bond acceptors (Lipinski definition) is 5. The number of rotatable bonds is 7. The minimum Gasteiger partial charge on any atom is -0.509 e. The maximum Gasteiger partial charge on any atom is 0.135 e. The van der Waals surface area contributed by atoms with E-state index in [9.17, 15) is 1.37 Å². The fourth-order valence-electron chi connectivity index (χ4n) is 11.9. The van der Waals surface area contributed by atoms with Gasteiger partial charge < -0.3 is 19.1 Å². The standard InChI is InChI=1S/C79H83N4OS.Pt/c1-48-46-80-70(45-64(48)79(17,18)19)83-67-34-33-60-59-27-20-23-30-69(59)85-73(60)71(67)61-32-31-58(44-68(61)83)84-57-26-24-25-56(43-57)81-47-82(66-29-22-21-28-65(66)81)72-62(49-35-51(74(2,3)4)39-52(36-49)75(5,6)7)41-55(78(14,15)16)42-63(72)50-37-53(76(8,9)10)40-54(38-50)77(11,12)13;/h20-42,45-47H,1-19H3;/q-3;/i1D3,46D;. The Hall–Kier alpha value is -6.98. The van der Waals surface area contributed by atoms with Crippen molar-refractivity contribution in [2.75, 3.05) is 9.80 Å². The van der Waals surface area contributed by atoms with Gasteiger partial charge in [0.1, 0.15) is 5.82 Å². The molecule has 0 saturated heterocycles. The van der Waals surface area contributed by atoms with Crippen LogP contribution >= 0.6 is 11.3 Å². The zero-order valence-electron chi connectivity index (χ0n) is 57.4. The molecule has 5 nitrogen and oxygen atoms in total. The molecule has 0 aliphatic carbocycles. The van der Waals surface area contributed by atoms with Gasteiger partial charge in [-0.25, -0.2) is 4.98 Å². The SMILES string of the molecule is [2H]c1nc(-n2c3[c-]c(Oc4[c-]c(N5[CH-]N(c6c(-c7cc(C(C)(C)C)cc(C(C)(C)C)c7)cc(C(C)(C)C)cc6-c6cc(C(C)(C)C)cc(C(C)(C)C)c6)c6ccccc65)ccc4)ccc3c3c4sc5ccccc5c4ccc32)cc(C(C)(C)C)c1C([2H])([2H])[2H].[Pt]. The second-order valence-electron chi connectivity index (χ2n) is 29.7. The fourth-order valence-corrected chi connectivity index (χ4v) is 13.2. The van der Waals surface area contributed by atoms with E-state index in [1.165, 1.54) is 49.0 Å². The van der Waals surface area contributed by atoms with Crippen LogP contribution in [0.1, 0.15) is 169 Å². The van der Waals surface area contributed by atoms with Crippen molar-refractivity contribution in [1.29, 1.82) is 0 Å². The molecule has 0 amide bonds. The minimum atomic E-state index is -2.53. The molecule has 0 N–H and O–H groups in total. The van der Waals surface area contributed by atoms with Crippen molar-refractivity contribution in [2.24, 2.45) is 0 Å². The summed E-state index contributed by atoms with van der Waals surface area (Å²) in [4.78, 5) is 9.44. The van der Waals surface area contributed by atoms with Crippen LogP contribution in [0.15, 0.2) is 152 Å². The molecule has 3 aromatic heterocycles. The number of ether oxygens (including phenoxy) is 1. The van der Waals surface area contributed by atoms with Gasteiger partial charge in [-0.2, -0.15) is 12.1 Å². The summed E-state index contributed by atoms with van der Waals surface area (Å²) < 4.78 is 46.0. The molecule has 444 valence electrons. The predicted molar refractivity (Wildman–Crippen MR) is 365 cm³/mol. The maximum atomic E-state index is 9.21. The summed E-state index contributed by atoms with van der Waals surface area (Å²) in [5, 5.41) is 4.29. The Morgan fingerprint density at radius 3 is 1.59 bits per heavy atom. The van der Waals surface area contributed by atoms with E-state index in [0.717, 1.165) is 60.3 Å². The summed E-state index contributed by atoms with van der Waals surface area (Å²) in [6.07, 6.45) is -0.272. The fraction of sp³-hybridized carbons (Fsp3) is 0.316. The summed E-state index contributed by atoms with van der Waals surface area (Å²) in [6, 6.07) is 60.2. The maximum absolute atomic E-state index is 9.21. The van der Waals surface area contributed by atoms with Gasteiger partial charge in [-0.15, -0.1) is 59.4 Å². The van der Waals surface area contributed by atoms with Crippen LogP contribution in [-0.4, -0.2) is 9.55 Å². The normalized spacial score (nSPS) is 14.4. The summed E-state index contributed by atoms with van der Waals surface area (Å²) >= 11 is 1.74. The van der Waals surface area contributed by atoms with Gasteiger partial charge in [0.25, 0.3) is 0 Å². The van der Waals surface area contributed by atoms with Crippen LogP contribution < -0.4 is 14.5 Å². The van der Waals surface area contributed by atoms with E-state index >= 15 is 0 Å². The number of anilines is 4. The van der Waals surface area contributed by atoms with Crippen molar-refractivity contribution in [3.8, 4) is 39.6 Å². The summed E-state index contributed by atoms with van der Waals surface area (Å²) in [5.41, 5.74) is 15.9. The second-order valence-corrected chi connectivity index (χ2v) is 30.8. The van der Waals surface area contributed by atoms with Crippen LogP contribution in [0.5, 0.6) is 11.5 Å². The first kappa shape index (κ1) is 55.6. The average Bonchev–Trinajstić information content (AvgIpc) is 1.52. The Balaban J connectivity index is 0.00000833. The molecule has 12 rings (SSSR count). The van der Waals surface area contributed by atoms with Gasteiger partial charge in [-0.3, -0.25) is 0 Å². The third-order valence-corrected chi connectivity index (χ3v) is 18.3. The van der Waals surface area contributed by atoms with Gasteiger partial charge in [0.05, 0.1) is 1.37 Å². The second kappa shape index (κ2) is 21.4. The molecule has 0 saturated carbocycles. The molecule has 0 fully saturated rings. The van der Waals surface area contributed by atoms with E-state index in [4.69, 9.17) is 13.8 Å². The molecular formula is C79H83N4OPtS-3. The third kappa shape index (κ3) is 11.1. The van der Waals surface area contributed by atoms with Gasteiger partial charge in [0.2, 0.25) is 0 Å². The molecule has 0 atom stereocenters. The Morgan fingerprint density at radius 2 is 1.03 bits per heavy atom. The largest absolute Gasteiger partial charge is 0.509 e. The van der Waals surface area contributed by atoms with Crippen molar-refractivity contribution >= 4 is 76.1 Å². The van der Waals surface area contributed by atoms with Gasteiger partial charge in [0, 0.05) is 96.7 Å². The first-order valence-corrected chi connectivity index (χ1v) is 30.8. The van der Waals surface area contributed by atoms with E-state index in [-0.39, 0.29) is 59.9 Å². The van der Waals surface area contributed by atoms with Crippen molar-refractivity contribution in [3.05, 3.63) is 210 Å². The van der Waals surface area contributed by atoms with Crippen LogP contribution in [0.4, 0.5) is 22.7 Å². The molecule has 0 radical (unpaired) electrons. The van der Waals surface area contributed by atoms with Crippen molar-refractivity contribution < 1.29 is 31.3 Å². The number of aromatic nitrogens is 2. The molecule has 0 unspecified atom stereocenters. The van der Waals surface area contributed by atoms with Crippen LogP contribution in [0, 0.1) is 25.7 Å². The summed E-state index contributed by atoms with van der Waals surface area (Å²) in [6.45, 7) is 40.4. The molecular weight excluding hydrogens is 1250 g/mol. The van der Waals surface area contributed by atoms with Gasteiger partial charge in [0.15, 0.2) is 0 Å². The number of benzene rings is 8. The van der Waals surface area contributed by atoms with E-state index in [1.807, 2.05) is 49.6 Å². The number of fused-ring (bicyclic) bond motifs is 8. The molecule has 86 heavy (non-hydrogen) atoms. The molecule has 0 bridgehead atoms. The smallest absolute Gasteiger partial charge is 0.135 e. The minimum absolute atomic E-state index is 0. The number of thiophene rings is 1. The molecule has 0 spiro atoms. The number of pyridine rings is 1. The van der Waals surface area contributed by atoms with E-state index in [2.05, 4.69) is 254 Å². The molecule has 11 aromatic rings. The van der Waals surface area contributed by atoms with Crippen LogP contribution in [0.2, 0.25) is 0 Å². The van der Waals surface area contributed by atoms with Crippen molar-refractivity contribution in [2.45, 2.75) is 164 Å². The Labute approximate surface area is 536 Å². The quantitative estimate of drug-likeness (QED) is 0.149. The topological polar surface area (TPSA) is 33.5 Å². The van der Waals surface area contributed by atoms with Crippen molar-refractivity contribution in [1.82, 2.24) is 9.55 Å². The molecule has 1 aliphatic rings. The summed E-state index contributed by atoms with van der Waals surface area (Å²) in [5.74, 6) is 1.40. The van der Waals surface area contributed by atoms with Gasteiger partial charge >= 0.3 is 0 Å². The first-order chi connectivity index (χ1) is 41.4. The number of hydrogen-bond donors (Lipinski definition) is 0. The monoisotopic (exact) mass is 1330 g/mol. The Bertz CT molecular complexity index is 4480. The molecule has 1 aliphatic heterocycles. The predicted octanol–water partition coefficient (Wildman–Crippen LogP) is 22.8. The molecule has 8 aromatic carbocycles.